The Balaban J connectivity index is 1.94. The lowest BCUT2D eigenvalue weighted by molar-refractivity contribution is -0.119. The van der Waals surface area contributed by atoms with Gasteiger partial charge in [-0.15, -0.1) is 0 Å². The number of hydrogen-bond acceptors (Lipinski definition) is 4. The Kier molecular flexibility index (Phi) is 4.89. The smallest absolute Gasteiger partial charge is 0.318 e. The third kappa shape index (κ3) is 3.46. The van der Waals surface area contributed by atoms with Crippen LogP contribution in [0.2, 0.25) is 0 Å². The molecule has 1 aliphatic carbocycles. The van der Waals surface area contributed by atoms with Crippen LogP contribution in [0.25, 0.3) is 5.69 Å². The Labute approximate surface area is 144 Å². The summed E-state index contributed by atoms with van der Waals surface area (Å²) in [5.74, 6) is -0.409. The van der Waals surface area contributed by atoms with Crippen LogP contribution in [0.4, 0.5) is 4.79 Å². The number of carbonyl (C=O) groups excluding carboxylic acids is 2. The number of nitrogens with one attached hydrogen (secondary N) is 1. The largest absolute Gasteiger partial charge is 0.351 e. The number of primary amides is 1. The summed E-state index contributed by atoms with van der Waals surface area (Å²) in [5, 5.41) is 2.44. The molecule has 1 aromatic carbocycles. The molecule has 1 heterocycles. The molecule has 3 N–H and O–H groups in total. The summed E-state index contributed by atoms with van der Waals surface area (Å²) in [6.45, 7) is 1.74. The molecular weight excluding hydrogens is 324 g/mol. The van der Waals surface area contributed by atoms with Gasteiger partial charge in [0.1, 0.15) is 0 Å². The number of benzene rings is 1. The molecule has 126 valence electrons. The molecule has 0 bridgehead atoms. The van der Waals surface area contributed by atoms with E-state index >= 15 is 0 Å². The van der Waals surface area contributed by atoms with Gasteiger partial charge in [0, 0.05) is 11.4 Å². The Hall–Kier alpha value is -2.28. The van der Waals surface area contributed by atoms with E-state index in [2.05, 4.69) is 9.88 Å². The second kappa shape index (κ2) is 7.09. The minimum Gasteiger partial charge on any atom is -0.351 e. The Morgan fingerprint density at radius 3 is 2.67 bits per heavy atom. The third-order valence-electron chi connectivity index (χ3n) is 4.01. The SMILES string of the molecule is C[C@@H](Sc1nc2c(n1-c1ccccc1)CCCC2)C(=O)NC(N)=O. The first kappa shape index (κ1) is 16.6. The second-order valence-electron chi connectivity index (χ2n) is 5.78. The Morgan fingerprint density at radius 2 is 1.96 bits per heavy atom. The van der Waals surface area contributed by atoms with Crippen LogP contribution in [-0.2, 0) is 17.6 Å². The van der Waals surface area contributed by atoms with Crippen LogP contribution >= 0.6 is 11.8 Å². The van der Waals surface area contributed by atoms with Gasteiger partial charge >= 0.3 is 6.03 Å². The third-order valence-corrected chi connectivity index (χ3v) is 5.07. The van der Waals surface area contributed by atoms with E-state index in [1.54, 1.807) is 6.92 Å². The fraction of sp³-hybridized carbons (Fsp3) is 0.353. The standard InChI is InChI=1S/C17H20N4O2S/c1-11(15(22)20-16(18)23)24-17-19-13-9-5-6-10-14(13)21(17)12-7-3-2-4-8-12/h2-4,7-8,11H,5-6,9-10H2,1H3,(H3,18,20,22,23)/t11-/m1/s1. The number of hydrogen-bond donors (Lipinski definition) is 2. The maximum absolute atomic E-state index is 12.0. The number of para-hydroxylation sites is 1. The molecule has 0 aliphatic heterocycles. The maximum atomic E-state index is 12.0. The van der Waals surface area contributed by atoms with Crippen molar-refractivity contribution in [1.82, 2.24) is 14.9 Å². The van der Waals surface area contributed by atoms with Gasteiger partial charge in [-0.25, -0.2) is 9.78 Å². The van der Waals surface area contributed by atoms with Crippen LogP contribution in [0, 0.1) is 0 Å². The van der Waals surface area contributed by atoms with Crippen molar-refractivity contribution in [2.75, 3.05) is 0 Å². The van der Waals surface area contributed by atoms with Crippen molar-refractivity contribution in [3.05, 3.63) is 41.7 Å². The number of aromatic nitrogens is 2. The number of rotatable bonds is 4. The summed E-state index contributed by atoms with van der Waals surface area (Å²) in [6.07, 6.45) is 4.23. The highest BCUT2D eigenvalue weighted by atomic mass is 32.2. The van der Waals surface area contributed by atoms with E-state index in [1.165, 1.54) is 17.5 Å². The molecule has 1 aliphatic rings. The van der Waals surface area contributed by atoms with Gasteiger partial charge in [0.15, 0.2) is 5.16 Å². The lowest BCUT2D eigenvalue weighted by Gasteiger charge is -2.16. The molecule has 0 spiro atoms. The first-order chi connectivity index (χ1) is 11.6. The lowest BCUT2D eigenvalue weighted by Crippen LogP contribution is -2.39. The average Bonchev–Trinajstić information content (AvgIpc) is 2.92. The predicted molar refractivity (Wildman–Crippen MR) is 93.3 cm³/mol. The van der Waals surface area contributed by atoms with Crippen molar-refractivity contribution in [2.45, 2.75) is 43.0 Å². The summed E-state index contributed by atoms with van der Waals surface area (Å²) in [5.41, 5.74) is 8.39. The minimum atomic E-state index is -0.835. The number of carbonyl (C=O) groups is 2. The van der Waals surface area contributed by atoms with E-state index in [4.69, 9.17) is 10.7 Å². The molecule has 6 nitrogen and oxygen atoms in total. The average molecular weight is 344 g/mol. The Morgan fingerprint density at radius 1 is 1.25 bits per heavy atom. The molecule has 2 aromatic rings. The van der Waals surface area contributed by atoms with Crippen LogP contribution in [0.5, 0.6) is 0 Å². The van der Waals surface area contributed by atoms with Crippen molar-refractivity contribution in [2.24, 2.45) is 5.73 Å². The van der Waals surface area contributed by atoms with Crippen LogP contribution < -0.4 is 11.1 Å². The normalized spacial score (nSPS) is 14.7. The zero-order valence-corrected chi connectivity index (χ0v) is 14.3. The van der Waals surface area contributed by atoms with Gasteiger partial charge in [0.2, 0.25) is 5.91 Å². The number of imide groups is 1. The second-order valence-corrected chi connectivity index (χ2v) is 7.09. The van der Waals surface area contributed by atoms with E-state index in [1.807, 2.05) is 30.3 Å². The lowest BCUT2D eigenvalue weighted by atomic mass is 10.0. The number of amides is 3. The highest BCUT2D eigenvalue weighted by Gasteiger charge is 2.24. The first-order valence-electron chi connectivity index (χ1n) is 7.99. The molecule has 7 heteroatoms. The Bertz CT molecular complexity index is 757. The highest BCUT2D eigenvalue weighted by Crippen LogP contribution is 2.32. The fourth-order valence-electron chi connectivity index (χ4n) is 2.87. The van der Waals surface area contributed by atoms with Crippen molar-refractivity contribution in [3.63, 3.8) is 0 Å². The number of fused-ring (bicyclic) bond motifs is 1. The summed E-state index contributed by atoms with van der Waals surface area (Å²) in [7, 11) is 0. The van der Waals surface area contributed by atoms with E-state index in [0.717, 1.165) is 42.2 Å². The van der Waals surface area contributed by atoms with Crippen LogP contribution in [0.15, 0.2) is 35.5 Å². The molecule has 3 amide bonds. The van der Waals surface area contributed by atoms with Gasteiger partial charge in [-0.1, -0.05) is 30.0 Å². The van der Waals surface area contributed by atoms with Crippen molar-refractivity contribution < 1.29 is 9.59 Å². The maximum Gasteiger partial charge on any atom is 0.318 e. The van der Waals surface area contributed by atoms with E-state index in [9.17, 15) is 9.59 Å². The van der Waals surface area contributed by atoms with Gasteiger partial charge < -0.3 is 5.73 Å². The predicted octanol–water partition coefficient (Wildman–Crippen LogP) is 2.43. The van der Waals surface area contributed by atoms with Gasteiger partial charge in [-0.3, -0.25) is 14.7 Å². The van der Waals surface area contributed by atoms with Gasteiger partial charge in [-0.05, 0) is 44.7 Å². The molecule has 0 radical (unpaired) electrons. The molecular formula is C17H20N4O2S. The number of aryl methyl sites for hydroxylation is 1. The van der Waals surface area contributed by atoms with Gasteiger partial charge in [0.05, 0.1) is 10.9 Å². The van der Waals surface area contributed by atoms with Crippen molar-refractivity contribution in [1.29, 1.82) is 0 Å². The number of thioether (sulfide) groups is 1. The number of nitrogens with zero attached hydrogens (tertiary/aromatic N) is 2. The minimum absolute atomic E-state index is 0.409. The molecule has 0 saturated heterocycles. The van der Waals surface area contributed by atoms with E-state index in [-0.39, 0.29) is 0 Å². The zero-order valence-electron chi connectivity index (χ0n) is 13.5. The first-order valence-corrected chi connectivity index (χ1v) is 8.87. The molecule has 1 atom stereocenters. The fourth-order valence-corrected chi connectivity index (χ4v) is 3.84. The monoisotopic (exact) mass is 344 g/mol. The summed E-state index contributed by atoms with van der Waals surface area (Å²) < 4.78 is 2.13. The van der Waals surface area contributed by atoms with Crippen LogP contribution in [0.1, 0.15) is 31.2 Å². The molecule has 24 heavy (non-hydrogen) atoms. The highest BCUT2D eigenvalue weighted by molar-refractivity contribution is 8.00. The molecule has 0 unspecified atom stereocenters. The number of nitrogens with two attached hydrogens (primary N) is 1. The topological polar surface area (TPSA) is 90.0 Å². The van der Waals surface area contributed by atoms with Crippen LogP contribution in [0.3, 0.4) is 0 Å². The molecule has 3 rings (SSSR count). The van der Waals surface area contributed by atoms with Gasteiger partial charge in [-0.2, -0.15) is 0 Å². The summed E-state index contributed by atoms with van der Waals surface area (Å²) >= 11 is 1.34. The molecule has 0 fully saturated rings. The molecule has 1 aromatic heterocycles. The van der Waals surface area contributed by atoms with Crippen LogP contribution in [-0.4, -0.2) is 26.7 Å². The summed E-state index contributed by atoms with van der Waals surface area (Å²) in [6, 6.07) is 9.19. The quantitative estimate of drug-likeness (QED) is 0.834. The number of urea groups is 1. The molecule has 0 saturated carbocycles. The van der Waals surface area contributed by atoms with E-state index in [0.29, 0.717) is 0 Å². The van der Waals surface area contributed by atoms with Crippen molar-refractivity contribution in [3.8, 4) is 5.69 Å². The zero-order chi connectivity index (χ0) is 17.1. The van der Waals surface area contributed by atoms with Gasteiger partial charge in [0.25, 0.3) is 0 Å². The number of imidazole rings is 1. The van der Waals surface area contributed by atoms with Crippen molar-refractivity contribution >= 4 is 23.7 Å². The summed E-state index contributed by atoms with van der Waals surface area (Å²) in [4.78, 5) is 27.6. The van der Waals surface area contributed by atoms with E-state index < -0.39 is 17.2 Å².